The third-order valence-electron chi connectivity index (χ3n) is 2.40. The predicted molar refractivity (Wildman–Crippen MR) is 76.2 cm³/mol. The molecule has 7 heteroatoms. The Bertz CT molecular complexity index is 404. The van der Waals surface area contributed by atoms with Crippen molar-refractivity contribution >= 4 is 28.2 Å². The van der Waals surface area contributed by atoms with Crippen LogP contribution in [0.4, 0.5) is 10.9 Å². The fraction of sp³-hybridized carbons (Fsp3) is 0.636. The van der Waals surface area contributed by atoms with Gasteiger partial charge < -0.3 is 20.9 Å². The number of rotatable bonds is 6. The lowest BCUT2D eigenvalue weighted by Crippen LogP contribution is -2.33. The van der Waals surface area contributed by atoms with Gasteiger partial charge >= 0.3 is 0 Å². The van der Waals surface area contributed by atoms with Gasteiger partial charge in [0.15, 0.2) is 5.13 Å². The summed E-state index contributed by atoms with van der Waals surface area (Å²) < 4.78 is 0. The summed E-state index contributed by atoms with van der Waals surface area (Å²) in [6.45, 7) is 4.22. The van der Waals surface area contributed by atoms with Crippen molar-refractivity contribution in [1.82, 2.24) is 14.8 Å². The van der Waals surface area contributed by atoms with Crippen LogP contribution >= 0.6 is 11.3 Å². The van der Waals surface area contributed by atoms with Crippen LogP contribution in [0.15, 0.2) is 0 Å². The molecule has 1 aromatic heterocycles. The summed E-state index contributed by atoms with van der Waals surface area (Å²) in [5, 5.41) is 3.76. The second kappa shape index (κ2) is 6.55. The molecular weight excluding hydrogens is 250 g/mol. The molecule has 1 amide bonds. The van der Waals surface area contributed by atoms with Crippen LogP contribution in [0, 0.1) is 0 Å². The molecule has 0 atom stereocenters. The van der Waals surface area contributed by atoms with Crippen molar-refractivity contribution in [2.24, 2.45) is 0 Å². The molecule has 0 spiro atoms. The molecule has 0 aliphatic heterocycles. The highest BCUT2D eigenvalue weighted by molar-refractivity contribution is 7.18. The summed E-state index contributed by atoms with van der Waals surface area (Å²) in [7, 11) is 5.73. The maximum absolute atomic E-state index is 12.2. The number of nitrogens with two attached hydrogens (primary N) is 1. The van der Waals surface area contributed by atoms with E-state index < -0.39 is 0 Å². The standard InChI is InChI=1S/C11H21N5OS/c1-5-13-11-14-9(12)8(18-11)10(17)16(4)7-6-15(2)3/h5-7,12H2,1-4H3,(H,13,14). The van der Waals surface area contributed by atoms with Crippen molar-refractivity contribution in [2.75, 3.05) is 51.8 Å². The summed E-state index contributed by atoms with van der Waals surface area (Å²) in [5.74, 6) is 0.230. The SMILES string of the molecule is CCNc1nc(N)c(C(=O)N(C)CCN(C)C)s1. The largest absolute Gasteiger partial charge is 0.382 e. The summed E-state index contributed by atoms with van der Waals surface area (Å²) in [5.41, 5.74) is 5.77. The molecule has 0 unspecified atom stereocenters. The molecular formula is C11H21N5OS. The van der Waals surface area contributed by atoms with Crippen molar-refractivity contribution in [3.63, 3.8) is 0 Å². The minimum atomic E-state index is -0.0731. The second-order valence-electron chi connectivity index (χ2n) is 4.29. The van der Waals surface area contributed by atoms with Crippen LogP contribution in [-0.2, 0) is 0 Å². The van der Waals surface area contributed by atoms with E-state index in [-0.39, 0.29) is 5.91 Å². The van der Waals surface area contributed by atoms with E-state index >= 15 is 0 Å². The van der Waals surface area contributed by atoms with E-state index in [0.717, 1.165) is 13.1 Å². The molecule has 1 aromatic rings. The van der Waals surface area contributed by atoms with Crippen molar-refractivity contribution < 1.29 is 4.79 Å². The van der Waals surface area contributed by atoms with Crippen LogP contribution in [0.1, 0.15) is 16.6 Å². The van der Waals surface area contributed by atoms with Gasteiger partial charge in [-0.1, -0.05) is 11.3 Å². The minimum absolute atomic E-state index is 0.0731. The van der Waals surface area contributed by atoms with E-state index in [1.165, 1.54) is 11.3 Å². The normalized spacial score (nSPS) is 10.7. The molecule has 0 aliphatic rings. The van der Waals surface area contributed by atoms with Gasteiger partial charge in [0.2, 0.25) is 0 Å². The maximum atomic E-state index is 12.2. The summed E-state index contributed by atoms with van der Waals surface area (Å²) in [6, 6.07) is 0. The van der Waals surface area contributed by atoms with E-state index in [1.54, 1.807) is 11.9 Å². The Labute approximate surface area is 112 Å². The zero-order valence-electron chi connectivity index (χ0n) is 11.4. The molecule has 0 aromatic carbocycles. The fourth-order valence-corrected chi connectivity index (χ4v) is 2.28. The lowest BCUT2D eigenvalue weighted by atomic mass is 10.4. The van der Waals surface area contributed by atoms with E-state index in [2.05, 4.69) is 10.3 Å². The highest BCUT2D eigenvalue weighted by Crippen LogP contribution is 2.25. The monoisotopic (exact) mass is 271 g/mol. The molecule has 102 valence electrons. The molecule has 0 radical (unpaired) electrons. The summed E-state index contributed by atoms with van der Waals surface area (Å²) in [4.78, 5) is 20.5. The number of nitrogens with zero attached hydrogens (tertiary/aromatic N) is 3. The van der Waals surface area contributed by atoms with Crippen LogP contribution in [0.25, 0.3) is 0 Å². The van der Waals surface area contributed by atoms with Crippen molar-refractivity contribution in [3.05, 3.63) is 4.88 Å². The Morgan fingerprint density at radius 3 is 2.61 bits per heavy atom. The smallest absolute Gasteiger partial charge is 0.267 e. The van der Waals surface area contributed by atoms with Crippen molar-refractivity contribution in [3.8, 4) is 0 Å². The number of nitrogens with one attached hydrogen (secondary N) is 1. The number of hydrogen-bond acceptors (Lipinski definition) is 6. The number of carbonyl (C=O) groups is 1. The van der Waals surface area contributed by atoms with Gasteiger partial charge in [-0.25, -0.2) is 4.98 Å². The van der Waals surface area contributed by atoms with Gasteiger partial charge in [0.05, 0.1) is 0 Å². The molecule has 0 bridgehead atoms. The number of carbonyl (C=O) groups excluding carboxylic acids is 1. The van der Waals surface area contributed by atoms with E-state index in [9.17, 15) is 4.79 Å². The topological polar surface area (TPSA) is 74.5 Å². The van der Waals surface area contributed by atoms with Gasteiger partial charge in [-0.2, -0.15) is 0 Å². The quantitative estimate of drug-likeness (QED) is 0.800. The molecule has 0 fully saturated rings. The molecule has 1 heterocycles. The molecule has 6 nitrogen and oxygen atoms in total. The van der Waals surface area contributed by atoms with E-state index in [0.29, 0.717) is 22.4 Å². The number of amides is 1. The fourth-order valence-electron chi connectivity index (χ4n) is 1.34. The first-order valence-electron chi connectivity index (χ1n) is 5.86. The lowest BCUT2D eigenvalue weighted by molar-refractivity contribution is 0.0792. The number of aromatic nitrogens is 1. The highest BCUT2D eigenvalue weighted by Gasteiger charge is 2.19. The Morgan fingerprint density at radius 2 is 2.06 bits per heavy atom. The van der Waals surface area contributed by atoms with Gasteiger partial charge in [-0.05, 0) is 21.0 Å². The highest BCUT2D eigenvalue weighted by atomic mass is 32.1. The van der Waals surface area contributed by atoms with Crippen LogP contribution in [-0.4, -0.2) is 61.5 Å². The average molecular weight is 271 g/mol. The van der Waals surface area contributed by atoms with Gasteiger partial charge in [-0.3, -0.25) is 4.79 Å². The van der Waals surface area contributed by atoms with E-state index in [1.807, 2.05) is 25.9 Å². The van der Waals surface area contributed by atoms with Crippen molar-refractivity contribution in [2.45, 2.75) is 6.92 Å². The predicted octanol–water partition coefficient (Wildman–Crippen LogP) is 0.791. The first-order valence-corrected chi connectivity index (χ1v) is 6.67. The van der Waals surface area contributed by atoms with Crippen LogP contribution in [0.2, 0.25) is 0 Å². The Hall–Kier alpha value is -1.34. The van der Waals surface area contributed by atoms with Gasteiger partial charge in [0.1, 0.15) is 10.7 Å². The van der Waals surface area contributed by atoms with Gasteiger partial charge in [0, 0.05) is 26.7 Å². The molecule has 3 N–H and O–H groups in total. The Kier molecular flexibility index (Phi) is 5.36. The number of nitrogen functional groups attached to an aromatic ring is 1. The Balaban J connectivity index is 2.70. The molecule has 0 aliphatic carbocycles. The van der Waals surface area contributed by atoms with Gasteiger partial charge in [-0.15, -0.1) is 0 Å². The lowest BCUT2D eigenvalue weighted by Gasteiger charge is -2.18. The zero-order chi connectivity index (χ0) is 13.7. The number of hydrogen-bond donors (Lipinski definition) is 2. The molecule has 1 rings (SSSR count). The summed E-state index contributed by atoms with van der Waals surface area (Å²) in [6.07, 6.45) is 0. The molecule has 18 heavy (non-hydrogen) atoms. The van der Waals surface area contributed by atoms with Crippen LogP contribution in [0.5, 0.6) is 0 Å². The third-order valence-corrected chi connectivity index (χ3v) is 3.42. The first kappa shape index (κ1) is 14.7. The summed E-state index contributed by atoms with van der Waals surface area (Å²) >= 11 is 1.30. The van der Waals surface area contributed by atoms with Crippen LogP contribution in [0.3, 0.4) is 0 Å². The maximum Gasteiger partial charge on any atom is 0.267 e. The molecule has 0 saturated carbocycles. The Morgan fingerprint density at radius 1 is 1.39 bits per heavy atom. The number of anilines is 2. The first-order chi connectivity index (χ1) is 8.45. The van der Waals surface area contributed by atoms with Crippen molar-refractivity contribution in [1.29, 1.82) is 0 Å². The third kappa shape index (κ3) is 3.85. The second-order valence-corrected chi connectivity index (χ2v) is 5.29. The van der Waals surface area contributed by atoms with Crippen LogP contribution < -0.4 is 11.1 Å². The number of thiazole rings is 1. The average Bonchev–Trinajstić information content (AvgIpc) is 2.66. The van der Waals surface area contributed by atoms with Gasteiger partial charge in [0.25, 0.3) is 5.91 Å². The minimum Gasteiger partial charge on any atom is -0.382 e. The van der Waals surface area contributed by atoms with E-state index in [4.69, 9.17) is 5.73 Å². The molecule has 0 saturated heterocycles. The number of likely N-dealkylation sites (N-methyl/N-ethyl adjacent to an activating group) is 2. The zero-order valence-corrected chi connectivity index (χ0v) is 12.2.